The average Bonchev–Trinajstić information content (AvgIpc) is 2.07. The predicted molar refractivity (Wildman–Crippen MR) is 49.4 cm³/mol. The lowest BCUT2D eigenvalue weighted by molar-refractivity contribution is 0.501. The van der Waals surface area contributed by atoms with Crippen molar-refractivity contribution in [2.75, 3.05) is 6.67 Å². The summed E-state index contributed by atoms with van der Waals surface area (Å²) in [6.45, 7) is 0.736. The number of nitrogens with one attached hydrogen (secondary N) is 2. The van der Waals surface area contributed by atoms with E-state index in [4.69, 9.17) is 13.6 Å². The Bertz CT molecular complexity index is 247. The Hall–Kier alpha value is -0.735. The molecule has 3 nitrogen and oxygen atoms in total. The summed E-state index contributed by atoms with van der Waals surface area (Å²) in [4.78, 5) is 0. The van der Waals surface area contributed by atoms with E-state index in [1.165, 1.54) is 5.57 Å². The number of rotatable bonds is 0. The molecule has 0 aromatic rings. The van der Waals surface area contributed by atoms with Gasteiger partial charge in [0.1, 0.15) is 0 Å². The van der Waals surface area contributed by atoms with Crippen LogP contribution in [0, 0.1) is 0 Å². The van der Waals surface area contributed by atoms with Gasteiger partial charge in [-0.3, -0.25) is 5.32 Å². The molecule has 1 heterocycles. The van der Waals surface area contributed by atoms with Gasteiger partial charge >= 0.3 is 0 Å². The van der Waals surface area contributed by atoms with E-state index in [0.717, 1.165) is 18.8 Å². The molecule has 2 unspecified atom stereocenters. The summed E-state index contributed by atoms with van der Waals surface area (Å²) in [6.07, 6.45) is 4.85. The molecule has 0 saturated heterocycles. The van der Waals surface area contributed by atoms with Crippen LogP contribution < -0.4 is 16.4 Å². The van der Waals surface area contributed by atoms with Gasteiger partial charge in [0.15, 0.2) is 0 Å². The van der Waals surface area contributed by atoms with E-state index in [9.17, 15) is 0 Å². The minimum absolute atomic E-state index is 0.0303. The van der Waals surface area contributed by atoms with Crippen molar-refractivity contribution in [2.45, 2.75) is 18.4 Å². The van der Waals surface area contributed by atoms with E-state index >= 15 is 0 Å². The SMILES string of the molecule is [B]C1C=CC2=C(C1)C(N)NCN2. The Morgan fingerprint density at radius 3 is 3.25 bits per heavy atom. The minimum atomic E-state index is -0.0303. The van der Waals surface area contributed by atoms with E-state index in [0.29, 0.717) is 0 Å². The predicted octanol–water partition coefficient (Wildman–Crippen LogP) is -0.408. The molecule has 0 amide bonds. The molecule has 0 aromatic heterocycles. The van der Waals surface area contributed by atoms with E-state index in [1.807, 2.05) is 12.2 Å². The van der Waals surface area contributed by atoms with Crippen LogP contribution in [0.15, 0.2) is 23.4 Å². The molecule has 4 N–H and O–H groups in total. The molecule has 0 spiro atoms. The molecule has 1 aliphatic carbocycles. The summed E-state index contributed by atoms with van der Waals surface area (Å²) in [5, 5.41) is 6.34. The maximum atomic E-state index is 5.85. The molecule has 2 aliphatic rings. The maximum absolute atomic E-state index is 5.85. The second-order valence-electron chi connectivity index (χ2n) is 3.20. The molecule has 2 rings (SSSR count). The highest BCUT2D eigenvalue weighted by molar-refractivity contribution is 6.13. The number of allylic oxidation sites excluding steroid dienone is 2. The van der Waals surface area contributed by atoms with E-state index < -0.39 is 0 Å². The summed E-state index contributed by atoms with van der Waals surface area (Å²) in [5.41, 5.74) is 8.19. The van der Waals surface area contributed by atoms with Gasteiger partial charge in [0.05, 0.1) is 20.7 Å². The van der Waals surface area contributed by atoms with Crippen molar-refractivity contribution in [2.24, 2.45) is 5.73 Å². The highest BCUT2D eigenvalue weighted by atomic mass is 15.2. The summed E-state index contributed by atoms with van der Waals surface area (Å²) in [7, 11) is 5.77. The second kappa shape index (κ2) is 2.96. The summed E-state index contributed by atoms with van der Waals surface area (Å²) in [5.74, 6) is 0.122. The van der Waals surface area contributed by atoms with Crippen molar-refractivity contribution >= 4 is 7.85 Å². The maximum Gasteiger partial charge on any atom is 0.0805 e. The van der Waals surface area contributed by atoms with E-state index in [1.54, 1.807) is 0 Å². The third kappa shape index (κ3) is 1.28. The van der Waals surface area contributed by atoms with Crippen LogP contribution in [0.4, 0.5) is 0 Å². The van der Waals surface area contributed by atoms with Crippen molar-refractivity contribution < 1.29 is 0 Å². The molecule has 0 aromatic carbocycles. The fraction of sp³-hybridized carbons (Fsp3) is 0.500. The highest BCUT2D eigenvalue weighted by Gasteiger charge is 2.21. The van der Waals surface area contributed by atoms with Gasteiger partial charge in [-0.25, -0.2) is 0 Å². The summed E-state index contributed by atoms with van der Waals surface area (Å²) in [6, 6.07) is 0. The van der Waals surface area contributed by atoms with Crippen molar-refractivity contribution in [1.82, 2.24) is 10.6 Å². The standard InChI is InChI=1S/C8H12BN3/c9-5-1-2-7-6(3-5)8(10)12-4-11-7/h1-2,5,8,11-12H,3-4,10H2. The monoisotopic (exact) mass is 161 g/mol. The Kier molecular flexibility index (Phi) is 1.94. The van der Waals surface area contributed by atoms with Crippen molar-refractivity contribution in [3.05, 3.63) is 23.4 Å². The Morgan fingerprint density at radius 2 is 2.42 bits per heavy atom. The van der Waals surface area contributed by atoms with E-state index in [2.05, 4.69) is 10.6 Å². The molecule has 1 aliphatic heterocycles. The Labute approximate surface area is 73.5 Å². The van der Waals surface area contributed by atoms with Crippen LogP contribution in [0.5, 0.6) is 0 Å². The molecule has 62 valence electrons. The Morgan fingerprint density at radius 1 is 1.58 bits per heavy atom. The van der Waals surface area contributed by atoms with Crippen molar-refractivity contribution in [1.29, 1.82) is 0 Å². The summed E-state index contributed by atoms with van der Waals surface area (Å²) >= 11 is 0. The topological polar surface area (TPSA) is 50.1 Å². The number of hydrogen-bond donors (Lipinski definition) is 3. The third-order valence-corrected chi connectivity index (χ3v) is 2.29. The van der Waals surface area contributed by atoms with Crippen LogP contribution in [-0.2, 0) is 0 Å². The van der Waals surface area contributed by atoms with Gasteiger partial charge in [-0.05, 0) is 18.1 Å². The van der Waals surface area contributed by atoms with Crippen molar-refractivity contribution in [3.8, 4) is 0 Å². The number of nitrogens with two attached hydrogens (primary N) is 1. The Balaban J connectivity index is 2.26. The second-order valence-corrected chi connectivity index (χ2v) is 3.20. The first kappa shape index (κ1) is 7.89. The zero-order chi connectivity index (χ0) is 8.55. The zero-order valence-corrected chi connectivity index (χ0v) is 6.88. The van der Waals surface area contributed by atoms with Gasteiger partial charge < -0.3 is 11.1 Å². The van der Waals surface area contributed by atoms with Gasteiger partial charge in [-0.2, -0.15) is 0 Å². The van der Waals surface area contributed by atoms with Crippen molar-refractivity contribution in [3.63, 3.8) is 0 Å². The fourth-order valence-corrected chi connectivity index (χ4v) is 1.61. The fourth-order valence-electron chi connectivity index (χ4n) is 1.61. The molecule has 0 saturated carbocycles. The normalized spacial score (nSPS) is 34.4. The highest BCUT2D eigenvalue weighted by Crippen LogP contribution is 2.26. The molecular weight excluding hydrogens is 149 g/mol. The van der Waals surface area contributed by atoms with Gasteiger partial charge in [-0.15, -0.1) is 0 Å². The molecule has 2 radical (unpaired) electrons. The lowest BCUT2D eigenvalue weighted by atomic mass is 9.77. The average molecular weight is 161 g/mol. The van der Waals surface area contributed by atoms with Crippen LogP contribution >= 0.6 is 0 Å². The quantitative estimate of drug-likeness (QED) is 0.423. The molecule has 0 fully saturated rings. The van der Waals surface area contributed by atoms with Gasteiger partial charge in [0.25, 0.3) is 0 Å². The number of hydrogen-bond acceptors (Lipinski definition) is 3. The first-order valence-corrected chi connectivity index (χ1v) is 4.17. The molecule has 12 heavy (non-hydrogen) atoms. The van der Waals surface area contributed by atoms with Crippen LogP contribution in [-0.4, -0.2) is 20.7 Å². The van der Waals surface area contributed by atoms with Gasteiger partial charge in [-0.1, -0.05) is 11.9 Å². The van der Waals surface area contributed by atoms with Gasteiger partial charge in [0, 0.05) is 5.70 Å². The van der Waals surface area contributed by atoms with Crippen LogP contribution in [0.25, 0.3) is 0 Å². The lowest BCUT2D eigenvalue weighted by Crippen LogP contribution is -2.49. The van der Waals surface area contributed by atoms with E-state index in [-0.39, 0.29) is 12.0 Å². The largest absolute Gasteiger partial charge is 0.372 e. The zero-order valence-electron chi connectivity index (χ0n) is 6.88. The molecule has 0 bridgehead atoms. The molecular formula is C8H12BN3. The van der Waals surface area contributed by atoms with Gasteiger partial charge in [0.2, 0.25) is 0 Å². The van der Waals surface area contributed by atoms with Crippen LogP contribution in [0.3, 0.4) is 0 Å². The third-order valence-electron chi connectivity index (χ3n) is 2.29. The smallest absolute Gasteiger partial charge is 0.0805 e. The molecule has 4 heteroatoms. The first-order valence-electron chi connectivity index (χ1n) is 4.17. The van der Waals surface area contributed by atoms with Crippen LogP contribution in [0.1, 0.15) is 6.42 Å². The first-order chi connectivity index (χ1) is 5.77. The lowest BCUT2D eigenvalue weighted by Gasteiger charge is -2.31. The molecule has 2 atom stereocenters. The minimum Gasteiger partial charge on any atom is -0.372 e. The van der Waals surface area contributed by atoms with Crippen LogP contribution in [0.2, 0.25) is 5.82 Å². The summed E-state index contributed by atoms with van der Waals surface area (Å²) < 4.78 is 0.